The summed E-state index contributed by atoms with van der Waals surface area (Å²) in [6.07, 6.45) is 3.76. The third-order valence-corrected chi connectivity index (χ3v) is 9.54. The van der Waals surface area contributed by atoms with Gasteiger partial charge in [0.15, 0.2) is 5.69 Å². The van der Waals surface area contributed by atoms with Crippen LogP contribution in [0.25, 0.3) is 5.57 Å². The summed E-state index contributed by atoms with van der Waals surface area (Å²) in [4.78, 5) is 30.5. The quantitative estimate of drug-likeness (QED) is 0.226. The molecule has 3 heterocycles. The first-order chi connectivity index (χ1) is 21.1. The maximum absolute atomic E-state index is 14.3. The van der Waals surface area contributed by atoms with Gasteiger partial charge in [0.1, 0.15) is 10.6 Å². The van der Waals surface area contributed by atoms with Crippen molar-refractivity contribution in [3.63, 3.8) is 0 Å². The van der Waals surface area contributed by atoms with Gasteiger partial charge >= 0.3 is 12.1 Å². The number of benzene rings is 1. The minimum Gasteiger partial charge on any atom is -0.462 e. The molecule has 0 radical (unpaired) electrons. The number of hydrogen-bond acceptors (Lipinski definition) is 6. The van der Waals surface area contributed by atoms with Gasteiger partial charge in [0.2, 0.25) is 5.91 Å². The number of nitrogens with zero attached hydrogens (tertiary/aromatic N) is 5. The first-order valence-corrected chi connectivity index (χ1v) is 15.7. The number of amides is 1. The Morgan fingerprint density at radius 3 is 2.45 bits per heavy atom. The lowest BCUT2D eigenvalue weighted by atomic mass is 9.90. The number of alkyl halides is 4. The highest BCUT2D eigenvalue weighted by Crippen LogP contribution is 2.43. The fourth-order valence-electron chi connectivity index (χ4n) is 6.64. The first kappa shape index (κ1) is 30.7. The Kier molecular flexibility index (Phi) is 8.54. The van der Waals surface area contributed by atoms with Gasteiger partial charge in [-0.25, -0.2) is 4.79 Å². The lowest BCUT2D eigenvalue weighted by molar-refractivity contribution is -0.146. The Morgan fingerprint density at radius 2 is 1.80 bits per heavy atom. The molecule has 3 fully saturated rings. The topological polar surface area (TPSA) is 70.9 Å². The third-order valence-electron chi connectivity index (χ3n) is 9.04. The van der Waals surface area contributed by atoms with Crippen LogP contribution in [0.1, 0.15) is 66.7 Å². The number of allylic oxidation sites excluding steroid dienone is 2. The molecular formula is C32H37ClF3N5O3. The van der Waals surface area contributed by atoms with E-state index in [9.17, 15) is 22.8 Å². The van der Waals surface area contributed by atoms with Crippen molar-refractivity contribution in [1.82, 2.24) is 24.5 Å². The van der Waals surface area contributed by atoms with E-state index in [0.717, 1.165) is 40.6 Å². The minimum atomic E-state index is -4.78. The van der Waals surface area contributed by atoms with Crippen molar-refractivity contribution in [2.24, 2.45) is 5.92 Å². The Morgan fingerprint density at radius 1 is 1.07 bits per heavy atom. The molecule has 1 amide bonds. The number of aromatic nitrogens is 2. The van der Waals surface area contributed by atoms with Crippen LogP contribution >= 0.6 is 11.6 Å². The number of piperazine rings is 1. The fraction of sp³-hybridized carbons (Fsp3) is 0.531. The predicted molar refractivity (Wildman–Crippen MR) is 160 cm³/mol. The van der Waals surface area contributed by atoms with Crippen LogP contribution in [0.5, 0.6) is 0 Å². The molecule has 1 aromatic carbocycles. The molecular weight excluding hydrogens is 595 g/mol. The summed E-state index contributed by atoms with van der Waals surface area (Å²) in [5.41, 5.74) is 1.29. The molecule has 236 valence electrons. The van der Waals surface area contributed by atoms with Gasteiger partial charge in [0.25, 0.3) is 0 Å². The number of carbonyl (C=O) groups excluding carboxylic acids is 2. The smallest absolute Gasteiger partial charge is 0.433 e. The molecule has 2 atom stereocenters. The molecule has 1 aromatic heterocycles. The van der Waals surface area contributed by atoms with Crippen molar-refractivity contribution in [3.8, 4) is 0 Å². The van der Waals surface area contributed by atoms with Crippen molar-refractivity contribution >= 4 is 29.1 Å². The fourth-order valence-corrected chi connectivity index (χ4v) is 7.00. The SMILES string of the molecule is CCOC(=O)c1cnn(C2CCCN(C3=C(c4ccccc4)C=CC(Cl)(N4CCN(C(=O)C5CC5)CC4)C3)C2)c1C(F)(F)F. The molecule has 4 aliphatic rings. The van der Waals surface area contributed by atoms with E-state index in [1.807, 2.05) is 47.4 Å². The van der Waals surface area contributed by atoms with E-state index in [1.165, 1.54) is 0 Å². The normalized spacial score (nSPS) is 25.0. The summed E-state index contributed by atoms with van der Waals surface area (Å²) < 4.78 is 48.8. The molecule has 12 heteroatoms. The maximum atomic E-state index is 14.3. The Labute approximate surface area is 260 Å². The number of hydrogen-bond donors (Lipinski definition) is 0. The van der Waals surface area contributed by atoms with Crippen molar-refractivity contribution in [2.75, 3.05) is 45.9 Å². The molecule has 2 aliphatic carbocycles. The number of ether oxygens (including phenoxy) is 1. The van der Waals surface area contributed by atoms with Crippen LogP contribution in [0.3, 0.4) is 0 Å². The predicted octanol–water partition coefficient (Wildman–Crippen LogP) is 5.58. The zero-order valence-electron chi connectivity index (χ0n) is 24.7. The van der Waals surface area contributed by atoms with Gasteiger partial charge in [-0.2, -0.15) is 18.3 Å². The van der Waals surface area contributed by atoms with Crippen LogP contribution < -0.4 is 0 Å². The van der Waals surface area contributed by atoms with E-state index in [-0.39, 0.29) is 25.0 Å². The van der Waals surface area contributed by atoms with E-state index in [1.54, 1.807) is 6.92 Å². The monoisotopic (exact) mass is 631 g/mol. The highest BCUT2D eigenvalue weighted by atomic mass is 35.5. The molecule has 2 aromatic rings. The Hall–Kier alpha value is -3.31. The molecule has 2 saturated heterocycles. The summed E-state index contributed by atoms with van der Waals surface area (Å²) in [5, 5.41) is 4.08. The van der Waals surface area contributed by atoms with Gasteiger partial charge in [-0.15, -0.1) is 0 Å². The van der Waals surface area contributed by atoms with E-state index < -0.39 is 34.4 Å². The zero-order chi connectivity index (χ0) is 31.1. The van der Waals surface area contributed by atoms with Gasteiger partial charge in [-0.05, 0) is 44.2 Å². The maximum Gasteiger partial charge on any atom is 0.433 e. The van der Waals surface area contributed by atoms with E-state index in [2.05, 4.69) is 14.9 Å². The van der Waals surface area contributed by atoms with Gasteiger partial charge in [-0.1, -0.05) is 48.0 Å². The van der Waals surface area contributed by atoms with E-state index >= 15 is 0 Å². The average Bonchev–Trinajstić information content (AvgIpc) is 3.77. The van der Waals surface area contributed by atoms with Crippen LogP contribution in [0.2, 0.25) is 0 Å². The number of esters is 1. The number of likely N-dealkylation sites (tertiary alicyclic amines) is 1. The molecule has 0 spiro atoms. The molecule has 0 bridgehead atoms. The first-order valence-electron chi connectivity index (χ1n) is 15.4. The van der Waals surface area contributed by atoms with Gasteiger partial charge < -0.3 is 14.5 Å². The highest BCUT2D eigenvalue weighted by Gasteiger charge is 2.44. The second-order valence-electron chi connectivity index (χ2n) is 12.0. The summed E-state index contributed by atoms with van der Waals surface area (Å²) in [6, 6.07) is 9.29. The van der Waals surface area contributed by atoms with Crippen molar-refractivity contribution in [3.05, 3.63) is 71.2 Å². The number of halogens is 4. The van der Waals surface area contributed by atoms with Crippen LogP contribution in [0, 0.1) is 5.92 Å². The standard InChI is InChI=1S/C32H37ClF3N5O3/c1-2-44-30(43)26-20-37-41(28(26)32(34,35)36)24-9-6-14-39(21-24)27-19-31(33,13-12-25(27)22-7-4-3-5-8-22)40-17-15-38(16-18-40)29(42)23-10-11-23/h3-5,7-8,12-13,20,23-24H,2,6,9-11,14-19,21H2,1H3. The summed E-state index contributed by atoms with van der Waals surface area (Å²) in [5.74, 6) is -0.616. The molecule has 0 N–H and O–H groups in total. The lowest BCUT2D eigenvalue weighted by Gasteiger charge is -2.47. The lowest BCUT2D eigenvalue weighted by Crippen LogP contribution is -2.56. The van der Waals surface area contributed by atoms with Crippen molar-refractivity contribution in [1.29, 1.82) is 0 Å². The molecule has 2 unspecified atom stereocenters. The van der Waals surface area contributed by atoms with E-state index in [0.29, 0.717) is 52.0 Å². The summed E-state index contributed by atoms with van der Waals surface area (Å²) >= 11 is 7.39. The Bertz CT molecular complexity index is 1450. The summed E-state index contributed by atoms with van der Waals surface area (Å²) in [6.45, 7) is 4.98. The van der Waals surface area contributed by atoms with Gasteiger partial charge in [-0.3, -0.25) is 14.4 Å². The van der Waals surface area contributed by atoms with Gasteiger partial charge in [0, 0.05) is 62.9 Å². The summed E-state index contributed by atoms with van der Waals surface area (Å²) in [7, 11) is 0. The molecule has 2 aliphatic heterocycles. The zero-order valence-corrected chi connectivity index (χ0v) is 25.5. The van der Waals surface area contributed by atoms with Crippen LogP contribution in [-0.4, -0.2) is 87.2 Å². The molecule has 1 saturated carbocycles. The number of rotatable bonds is 7. The van der Waals surface area contributed by atoms with Crippen molar-refractivity contribution < 1.29 is 27.5 Å². The molecule has 6 rings (SSSR count). The number of carbonyl (C=O) groups is 2. The molecule has 44 heavy (non-hydrogen) atoms. The second kappa shape index (κ2) is 12.2. The average molecular weight is 632 g/mol. The molecule has 8 nitrogen and oxygen atoms in total. The van der Waals surface area contributed by atoms with Crippen LogP contribution in [0.15, 0.2) is 54.4 Å². The largest absolute Gasteiger partial charge is 0.462 e. The highest BCUT2D eigenvalue weighted by molar-refractivity contribution is 6.25. The third kappa shape index (κ3) is 6.13. The minimum absolute atomic E-state index is 0.0332. The van der Waals surface area contributed by atoms with Crippen LogP contribution in [0.4, 0.5) is 13.2 Å². The van der Waals surface area contributed by atoms with E-state index in [4.69, 9.17) is 16.3 Å². The second-order valence-corrected chi connectivity index (χ2v) is 12.6. The van der Waals surface area contributed by atoms with Gasteiger partial charge in [0.05, 0.1) is 18.8 Å². The van der Waals surface area contributed by atoms with Crippen LogP contribution in [-0.2, 0) is 15.7 Å². The number of piperidine rings is 1. The Balaban J connectivity index is 1.28. The van der Waals surface area contributed by atoms with Crippen molar-refractivity contribution in [2.45, 2.75) is 56.2 Å².